The summed E-state index contributed by atoms with van der Waals surface area (Å²) in [5, 5.41) is 22.6. The van der Waals surface area contributed by atoms with Crippen molar-refractivity contribution in [2.75, 3.05) is 5.32 Å². The maximum Gasteiger partial charge on any atom is 0.434 e. The molecular formula is C19H14F3N5O2. The zero-order valence-corrected chi connectivity index (χ0v) is 14.9. The Labute approximate surface area is 161 Å². The number of carbonyl (C=O) groups is 1. The second-order valence-electron chi connectivity index (χ2n) is 6.41. The van der Waals surface area contributed by atoms with Gasteiger partial charge in [0.15, 0.2) is 11.5 Å². The van der Waals surface area contributed by atoms with Crippen molar-refractivity contribution < 1.29 is 23.1 Å². The van der Waals surface area contributed by atoms with E-state index in [1.165, 1.54) is 30.3 Å². The first kappa shape index (κ1) is 18.5. The summed E-state index contributed by atoms with van der Waals surface area (Å²) < 4.78 is 42.0. The molecule has 7 nitrogen and oxygen atoms in total. The summed E-state index contributed by atoms with van der Waals surface area (Å²) >= 11 is 0. The number of H-pyrrole nitrogens is 1. The van der Waals surface area contributed by atoms with Crippen molar-refractivity contribution in [1.29, 1.82) is 0 Å². The number of carbonyl (C=O) groups excluding carboxylic acids is 1. The number of aromatic nitrogens is 4. The average Bonchev–Trinajstić information content (AvgIpc) is 3.26. The van der Waals surface area contributed by atoms with Gasteiger partial charge >= 0.3 is 6.18 Å². The average molecular weight is 401 g/mol. The van der Waals surface area contributed by atoms with E-state index in [4.69, 9.17) is 0 Å². The van der Waals surface area contributed by atoms with Gasteiger partial charge in [-0.2, -0.15) is 23.4 Å². The number of nitrogens with zero attached hydrogens (tertiary/aromatic N) is 3. The quantitative estimate of drug-likeness (QED) is 0.483. The van der Waals surface area contributed by atoms with Crippen LogP contribution in [0.1, 0.15) is 21.6 Å². The van der Waals surface area contributed by atoms with Gasteiger partial charge in [-0.3, -0.25) is 9.89 Å². The Morgan fingerprint density at radius 1 is 1.21 bits per heavy atom. The number of phenolic OH excluding ortho intramolecular Hbond substituents is 1. The van der Waals surface area contributed by atoms with Crippen molar-refractivity contribution in [1.82, 2.24) is 20.0 Å². The summed E-state index contributed by atoms with van der Waals surface area (Å²) in [5.74, 6) is -0.975. The Hall–Kier alpha value is -3.82. The first-order chi connectivity index (χ1) is 13.7. The highest BCUT2D eigenvalue weighted by Gasteiger charge is 2.40. The zero-order valence-electron chi connectivity index (χ0n) is 14.9. The predicted octanol–water partition coefficient (Wildman–Crippen LogP) is 4.03. The van der Waals surface area contributed by atoms with Gasteiger partial charge in [-0.05, 0) is 36.8 Å². The Morgan fingerprint density at radius 3 is 2.72 bits per heavy atom. The van der Waals surface area contributed by atoms with Gasteiger partial charge < -0.3 is 10.4 Å². The molecule has 4 rings (SSSR count). The van der Waals surface area contributed by atoms with Gasteiger partial charge in [0.05, 0.1) is 23.0 Å². The molecule has 0 spiro atoms. The lowest BCUT2D eigenvalue weighted by atomic mass is 10.2. The second-order valence-corrected chi connectivity index (χ2v) is 6.41. The van der Waals surface area contributed by atoms with Crippen molar-refractivity contribution in [3.8, 4) is 11.4 Å². The Morgan fingerprint density at radius 2 is 2.00 bits per heavy atom. The number of anilines is 1. The summed E-state index contributed by atoms with van der Waals surface area (Å²) in [6.07, 6.45) is -3.94. The number of alkyl halides is 3. The number of halogens is 3. The summed E-state index contributed by atoms with van der Waals surface area (Å²) in [5.41, 5.74) is -0.445. The monoisotopic (exact) mass is 401 g/mol. The molecule has 2 aromatic carbocycles. The molecule has 4 aromatic rings. The van der Waals surface area contributed by atoms with E-state index in [0.29, 0.717) is 15.6 Å². The molecule has 0 saturated heterocycles. The van der Waals surface area contributed by atoms with E-state index in [-0.39, 0.29) is 17.3 Å². The summed E-state index contributed by atoms with van der Waals surface area (Å²) in [7, 11) is 0. The van der Waals surface area contributed by atoms with E-state index in [2.05, 4.69) is 20.6 Å². The zero-order chi connectivity index (χ0) is 20.8. The standard InChI is InChI=1S/C19H14F3N5O2/c1-10-3-2-4-11(7-10)27-16(19(20,21)22)14(9-23-27)18(29)24-17-13-6-5-12(28)8-15(13)25-26-17/h2-9,28H,1H3,(H2,24,25,26,29). The van der Waals surface area contributed by atoms with Crippen LogP contribution in [-0.2, 0) is 6.18 Å². The predicted molar refractivity (Wildman–Crippen MR) is 99.0 cm³/mol. The fourth-order valence-corrected chi connectivity index (χ4v) is 3.02. The van der Waals surface area contributed by atoms with Gasteiger partial charge in [0.1, 0.15) is 5.75 Å². The van der Waals surface area contributed by atoms with Crippen LogP contribution in [0.4, 0.5) is 19.0 Å². The van der Waals surface area contributed by atoms with Gasteiger partial charge in [-0.25, -0.2) is 4.68 Å². The molecule has 0 aliphatic rings. The number of benzene rings is 2. The third-order valence-electron chi connectivity index (χ3n) is 4.31. The van der Waals surface area contributed by atoms with Crippen LogP contribution in [0, 0.1) is 6.92 Å². The summed E-state index contributed by atoms with van der Waals surface area (Å²) in [6.45, 7) is 1.74. The molecule has 10 heteroatoms. The number of phenols is 1. The molecule has 3 N–H and O–H groups in total. The van der Waals surface area contributed by atoms with E-state index in [1.54, 1.807) is 19.1 Å². The molecule has 2 aromatic heterocycles. The fourth-order valence-electron chi connectivity index (χ4n) is 3.02. The van der Waals surface area contributed by atoms with Crippen molar-refractivity contribution in [3.63, 3.8) is 0 Å². The molecule has 0 bridgehead atoms. The lowest BCUT2D eigenvalue weighted by Gasteiger charge is -2.13. The molecule has 0 fully saturated rings. The fraction of sp³-hybridized carbons (Fsp3) is 0.105. The molecule has 0 atom stereocenters. The minimum Gasteiger partial charge on any atom is -0.508 e. The van der Waals surface area contributed by atoms with Crippen molar-refractivity contribution in [2.45, 2.75) is 13.1 Å². The highest BCUT2D eigenvalue weighted by Crippen LogP contribution is 2.34. The molecule has 0 aliphatic carbocycles. The number of hydrogen-bond donors (Lipinski definition) is 3. The van der Waals surface area contributed by atoms with Gasteiger partial charge in [0.2, 0.25) is 0 Å². The molecule has 0 radical (unpaired) electrons. The smallest absolute Gasteiger partial charge is 0.434 e. The summed E-state index contributed by atoms with van der Waals surface area (Å²) in [6, 6.07) is 10.6. The Balaban J connectivity index is 1.75. The molecule has 0 unspecified atom stereocenters. The number of rotatable bonds is 3. The maximum atomic E-state index is 13.8. The number of aromatic hydroxyl groups is 1. The van der Waals surface area contributed by atoms with Crippen molar-refractivity contribution in [3.05, 3.63) is 65.5 Å². The van der Waals surface area contributed by atoms with Crippen LogP contribution < -0.4 is 5.32 Å². The first-order valence-corrected chi connectivity index (χ1v) is 8.45. The SMILES string of the molecule is Cc1cccc(-n2ncc(C(=O)Nc3n[nH]c4cc(O)ccc34)c2C(F)(F)F)c1. The normalized spacial score (nSPS) is 11.7. The van der Waals surface area contributed by atoms with Crippen LogP contribution in [0.2, 0.25) is 0 Å². The highest BCUT2D eigenvalue weighted by atomic mass is 19.4. The van der Waals surface area contributed by atoms with Crippen LogP contribution in [-0.4, -0.2) is 31.0 Å². The van der Waals surface area contributed by atoms with Gasteiger partial charge in [-0.1, -0.05) is 12.1 Å². The molecule has 2 heterocycles. The van der Waals surface area contributed by atoms with Crippen LogP contribution in [0.25, 0.3) is 16.6 Å². The number of hydrogen-bond acceptors (Lipinski definition) is 4. The van der Waals surface area contributed by atoms with Gasteiger partial charge in [0, 0.05) is 11.5 Å². The first-order valence-electron chi connectivity index (χ1n) is 8.45. The van der Waals surface area contributed by atoms with Crippen LogP contribution in [0.15, 0.2) is 48.7 Å². The number of amides is 1. The Bertz CT molecular complexity index is 1230. The third kappa shape index (κ3) is 3.40. The topological polar surface area (TPSA) is 95.8 Å². The van der Waals surface area contributed by atoms with Gasteiger partial charge in [-0.15, -0.1) is 0 Å². The molecule has 0 saturated carbocycles. The number of aromatic amines is 1. The molecular weight excluding hydrogens is 387 g/mol. The Kier molecular flexibility index (Phi) is 4.26. The van der Waals surface area contributed by atoms with Crippen molar-refractivity contribution in [2.24, 2.45) is 0 Å². The number of nitrogens with one attached hydrogen (secondary N) is 2. The third-order valence-corrected chi connectivity index (χ3v) is 4.31. The number of aryl methyl sites for hydroxylation is 1. The van der Waals surface area contributed by atoms with Gasteiger partial charge in [0.25, 0.3) is 5.91 Å². The lowest BCUT2D eigenvalue weighted by Crippen LogP contribution is -2.21. The molecule has 1 amide bonds. The van der Waals surface area contributed by atoms with E-state index < -0.39 is 23.3 Å². The summed E-state index contributed by atoms with van der Waals surface area (Å²) in [4.78, 5) is 12.6. The highest BCUT2D eigenvalue weighted by molar-refractivity contribution is 6.08. The van der Waals surface area contributed by atoms with E-state index >= 15 is 0 Å². The van der Waals surface area contributed by atoms with E-state index in [0.717, 1.165) is 11.8 Å². The maximum absolute atomic E-state index is 13.8. The van der Waals surface area contributed by atoms with Crippen LogP contribution in [0.5, 0.6) is 5.75 Å². The van der Waals surface area contributed by atoms with Crippen LogP contribution >= 0.6 is 0 Å². The minimum absolute atomic E-state index is 0.0159. The molecule has 0 aliphatic heterocycles. The molecule has 148 valence electrons. The minimum atomic E-state index is -4.81. The van der Waals surface area contributed by atoms with E-state index in [9.17, 15) is 23.1 Å². The lowest BCUT2D eigenvalue weighted by molar-refractivity contribution is -0.143. The largest absolute Gasteiger partial charge is 0.508 e. The van der Waals surface area contributed by atoms with Crippen LogP contribution in [0.3, 0.4) is 0 Å². The number of fused-ring (bicyclic) bond motifs is 1. The molecule has 29 heavy (non-hydrogen) atoms. The van der Waals surface area contributed by atoms with E-state index in [1.807, 2.05) is 0 Å². The second kappa shape index (κ2) is 6.66. The van der Waals surface area contributed by atoms with Crippen molar-refractivity contribution >= 4 is 22.6 Å².